The van der Waals surface area contributed by atoms with Gasteiger partial charge in [0.05, 0.1) is 12.3 Å². The van der Waals surface area contributed by atoms with Crippen molar-refractivity contribution in [2.75, 3.05) is 11.4 Å². The lowest BCUT2D eigenvalue weighted by molar-refractivity contribution is 0.282. The molecule has 0 spiro atoms. The number of thiazole rings is 1. The van der Waals surface area contributed by atoms with Crippen LogP contribution in [0, 0.1) is 13.8 Å². The molecule has 2 aromatic rings. The van der Waals surface area contributed by atoms with Crippen molar-refractivity contribution < 1.29 is 5.11 Å². The summed E-state index contributed by atoms with van der Waals surface area (Å²) in [5.41, 5.74) is 3.33. The quantitative estimate of drug-likeness (QED) is 0.882. The van der Waals surface area contributed by atoms with E-state index in [9.17, 15) is 0 Å². The number of rotatable bonds is 6. The van der Waals surface area contributed by atoms with Crippen molar-refractivity contribution in [3.8, 4) is 0 Å². The van der Waals surface area contributed by atoms with Gasteiger partial charge in [-0.2, -0.15) is 0 Å². The molecule has 0 aliphatic rings. The number of aliphatic hydroxyl groups is 1. The van der Waals surface area contributed by atoms with Crippen LogP contribution in [0.2, 0.25) is 0 Å². The molecule has 1 N–H and O–H groups in total. The summed E-state index contributed by atoms with van der Waals surface area (Å²) in [6.07, 6.45) is 1.10. The van der Waals surface area contributed by atoms with Crippen molar-refractivity contribution in [1.82, 2.24) is 4.98 Å². The molecule has 0 amide bonds. The Balaban J connectivity index is 2.15. The SMILES string of the molecule is CCCN(Cc1ccc(CO)cc1)c1nc(C)c(C)s1. The van der Waals surface area contributed by atoms with Crippen LogP contribution < -0.4 is 4.90 Å². The van der Waals surface area contributed by atoms with Crippen LogP contribution >= 0.6 is 11.3 Å². The summed E-state index contributed by atoms with van der Waals surface area (Å²) in [6.45, 7) is 8.35. The normalized spacial score (nSPS) is 10.8. The molecule has 20 heavy (non-hydrogen) atoms. The lowest BCUT2D eigenvalue weighted by Crippen LogP contribution is -2.23. The topological polar surface area (TPSA) is 36.4 Å². The van der Waals surface area contributed by atoms with E-state index >= 15 is 0 Å². The standard InChI is InChI=1S/C16H22N2OS/c1-4-9-18(16-17-12(2)13(3)20-16)10-14-5-7-15(11-19)8-6-14/h5-8,19H,4,9-11H2,1-3H3. The molecular formula is C16H22N2OS. The zero-order chi connectivity index (χ0) is 14.5. The third-order valence-corrected chi connectivity index (χ3v) is 4.49. The average Bonchev–Trinajstić information content (AvgIpc) is 2.79. The van der Waals surface area contributed by atoms with E-state index in [-0.39, 0.29) is 6.61 Å². The second-order valence-electron chi connectivity index (χ2n) is 5.03. The fourth-order valence-corrected chi connectivity index (χ4v) is 3.01. The molecule has 1 heterocycles. The molecule has 0 bridgehead atoms. The van der Waals surface area contributed by atoms with Crippen LogP contribution in [0.1, 0.15) is 35.0 Å². The Hall–Kier alpha value is -1.39. The predicted molar refractivity (Wildman–Crippen MR) is 85.3 cm³/mol. The molecule has 0 aliphatic heterocycles. The highest BCUT2D eigenvalue weighted by Gasteiger charge is 2.12. The van der Waals surface area contributed by atoms with Crippen molar-refractivity contribution in [1.29, 1.82) is 0 Å². The maximum Gasteiger partial charge on any atom is 0.186 e. The number of benzene rings is 1. The van der Waals surface area contributed by atoms with Crippen LogP contribution in [0.15, 0.2) is 24.3 Å². The highest BCUT2D eigenvalue weighted by atomic mass is 32.1. The van der Waals surface area contributed by atoms with Gasteiger partial charge in [-0.15, -0.1) is 11.3 Å². The monoisotopic (exact) mass is 290 g/mol. The summed E-state index contributed by atoms with van der Waals surface area (Å²) < 4.78 is 0. The van der Waals surface area contributed by atoms with E-state index in [4.69, 9.17) is 5.11 Å². The number of hydrogen-bond acceptors (Lipinski definition) is 4. The van der Waals surface area contributed by atoms with Crippen LogP contribution in [0.5, 0.6) is 0 Å². The number of nitrogens with zero attached hydrogens (tertiary/aromatic N) is 2. The van der Waals surface area contributed by atoms with Crippen LogP contribution in [0.25, 0.3) is 0 Å². The van der Waals surface area contributed by atoms with E-state index in [1.165, 1.54) is 10.4 Å². The van der Waals surface area contributed by atoms with Crippen molar-refractivity contribution in [2.45, 2.75) is 40.3 Å². The van der Waals surface area contributed by atoms with Gasteiger partial charge in [-0.3, -0.25) is 0 Å². The number of hydrogen-bond donors (Lipinski definition) is 1. The minimum Gasteiger partial charge on any atom is -0.392 e. The van der Waals surface area contributed by atoms with Crippen LogP contribution in [0.4, 0.5) is 5.13 Å². The van der Waals surface area contributed by atoms with Gasteiger partial charge in [0.2, 0.25) is 0 Å². The molecule has 0 aliphatic carbocycles. The molecule has 0 atom stereocenters. The highest BCUT2D eigenvalue weighted by Crippen LogP contribution is 2.26. The number of aryl methyl sites for hydroxylation is 2. The summed E-state index contributed by atoms with van der Waals surface area (Å²) in [5.74, 6) is 0. The van der Waals surface area contributed by atoms with Gasteiger partial charge in [0, 0.05) is 18.0 Å². The van der Waals surface area contributed by atoms with E-state index in [0.29, 0.717) is 0 Å². The van der Waals surface area contributed by atoms with Gasteiger partial charge >= 0.3 is 0 Å². The maximum absolute atomic E-state index is 9.09. The second kappa shape index (κ2) is 6.86. The molecule has 0 saturated heterocycles. The Kier molecular flexibility index (Phi) is 5.15. The molecule has 0 radical (unpaired) electrons. The molecule has 0 saturated carbocycles. The zero-order valence-electron chi connectivity index (χ0n) is 12.4. The summed E-state index contributed by atoms with van der Waals surface area (Å²) in [4.78, 5) is 8.28. The molecule has 0 fully saturated rings. The van der Waals surface area contributed by atoms with Gasteiger partial charge in [0.15, 0.2) is 5.13 Å². The first kappa shape index (κ1) is 15.0. The molecule has 0 unspecified atom stereocenters. The minimum absolute atomic E-state index is 0.101. The summed E-state index contributed by atoms with van der Waals surface area (Å²) >= 11 is 1.76. The van der Waals surface area contributed by atoms with Gasteiger partial charge in [-0.1, -0.05) is 31.2 Å². The lowest BCUT2D eigenvalue weighted by Gasteiger charge is -2.21. The molecule has 108 valence electrons. The summed E-state index contributed by atoms with van der Waals surface area (Å²) in [5, 5.41) is 10.2. The fourth-order valence-electron chi connectivity index (χ4n) is 2.07. The largest absolute Gasteiger partial charge is 0.392 e. The third kappa shape index (κ3) is 3.58. The highest BCUT2D eigenvalue weighted by molar-refractivity contribution is 7.15. The Labute approximate surface area is 124 Å². The van der Waals surface area contributed by atoms with Crippen molar-refractivity contribution >= 4 is 16.5 Å². The van der Waals surface area contributed by atoms with Gasteiger partial charge in [0.25, 0.3) is 0 Å². The van der Waals surface area contributed by atoms with E-state index in [2.05, 4.69) is 42.8 Å². The molecule has 2 rings (SSSR count). The maximum atomic E-state index is 9.09. The third-order valence-electron chi connectivity index (χ3n) is 3.36. The smallest absolute Gasteiger partial charge is 0.186 e. The Morgan fingerprint density at radius 1 is 1.15 bits per heavy atom. The van der Waals surface area contributed by atoms with E-state index in [1.807, 2.05) is 12.1 Å². The Morgan fingerprint density at radius 2 is 1.80 bits per heavy atom. The average molecular weight is 290 g/mol. The van der Waals surface area contributed by atoms with Crippen molar-refractivity contribution in [2.24, 2.45) is 0 Å². The second-order valence-corrected chi connectivity index (χ2v) is 6.22. The van der Waals surface area contributed by atoms with E-state index < -0.39 is 0 Å². The molecule has 1 aromatic carbocycles. The van der Waals surface area contributed by atoms with Crippen LogP contribution in [0.3, 0.4) is 0 Å². The molecule has 4 heteroatoms. The predicted octanol–water partition coefficient (Wildman–Crippen LogP) is 3.67. The summed E-state index contributed by atoms with van der Waals surface area (Å²) in [6, 6.07) is 8.14. The number of anilines is 1. The first-order valence-electron chi connectivity index (χ1n) is 7.01. The van der Waals surface area contributed by atoms with Gasteiger partial charge < -0.3 is 10.0 Å². The Bertz CT molecular complexity index is 529. The summed E-state index contributed by atoms with van der Waals surface area (Å²) in [7, 11) is 0. The molecule has 1 aromatic heterocycles. The number of aromatic nitrogens is 1. The van der Waals surface area contributed by atoms with Crippen molar-refractivity contribution in [3.05, 3.63) is 46.0 Å². The zero-order valence-corrected chi connectivity index (χ0v) is 13.2. The minimum atomic E-state index is 0.101. The van der Waals surface area contributed by atoms with Crippen LogP contribution in [-0.2, 0) is 13.2 Å². The molecular weight excluding hydrogens is 268 g/mol. The van der Waals surface area contributed by atoms with Gasteiger partial charge in [0.1, 0.15) is 0 Å². The van der Waals surface area contributed by atoms with Gasteiger partial charge in [-0.25, -0.2) is 4.98 Å². The van der Waals surface area contributed by atoms with Crippen molar-refractivity contribution in [3.63, 3.8) is 0 Å². The van der Waals surface area contributed by atoms with Gasteiger partial charge in [-0.05, 0) is 31.4 Å². The first-order chi connectivity index (χ1) is 9.63. The van der Waals surface area contributed by atoms with E-state index in [0.717, 1.165) is 35.9 Å². The molecule has 3 nitrogen and oxygen atoms in total. The Morgan fingerprint density at radius 3 is 2.30 bits per heavy atom. The lowest BCUT2D eigenvalue weighted by atomic mass is 10.1. The van der Waals surface area contributed by atoms with Crippen LogP contribution in [-0.4, -0.2) is 16.6 Å². The fraction of sp³-hybridized carbons (Fsp3) is 0.438. The van der Waals surface area contributed by atoms with E-state index in [1.54, 1.807) is 11.3 Å². The number of aliphatic hydroxyl groups excluding tert-OH is 1. The first-order valence-corrected chi connectivity index (χ1v) is 7.83.